The Morgan fingerprint density at radius 2 is 2.31 bits per heavy atom. The molecule has 0 spiro atoms. The first kappa shape index (κ1) is 8.69. The second-order valence-corrected chi connectivity index (χ2v) is 3.96. The molecule has 4 nitrogen and oxygen atoms in total. The van der Waals surface area contributed by atoms with Crippen LogP contribution in [0.4, 0.5) is 0 Å². The molecule has 0 aliphatic carbocycles. The molecule has 2 atom stereocenters. The fourth-order valence-electron chi connectivity index (χ4n) is 2.40. The summed E-state index contributed by atoms with van der Waals surface area (Å²) >= 11 is 0. The van der Waals surface area contributed by atoms with Crippen LogP contribution in [-0.4, -0.2) is 35.2 Å². The van der Waals surface area contributed by atoms with Crippen LogP contribution in [0.2, 0.25) is 0 Å². The van der Waals surface area contributed by atoms with Crippen molar-refractivity contribution in [3.8, 4) is 0 Å². The van der Waals surface area contributed by atoms with Gasteiger partial charge in [0.1, 0.15) is 6.29 Å². The third-order valence-corrected chi connectivity index (χ3v) is 3.22. The molecule has 0 aromatic heterocycles. The highest BCUT2D eigenvalue weighted by molar-refractivity contribution is 5.88. The van der Waals surface area contributed by atoms with Crippen molar-refractivity contribution in [1.82, 2.24) is 4.90 Å². The zero-order chi connectivity index (χ0) is 9.47. The molecule has 2 N–H and O–H groups in total. The second kappa shape index (κ2) is 2.80. The molecule has 2 fully saturated rings. The molecule has 0 radical (unpaired) electrons. The first-order valence-corrected chi connectivity index (χ1v) is 4.73. The predicted octanol–water partition coefficient (Wildman–Crippen LogP) is -0.332. The number of aldehydes is 1. The Bertz CT molecular complexity index is 254. The van der Waals surface area contributed by atoms with Crippen LogP contribution in [0.3, 0.4) is 0 Å². The Balaban J connectivity index is 2.28. The lowest BCUT2D eigenvalue weighted by Crippen LogP contribution is -2.58. The zero-order valence-corrected chi connectivity index (χ0v) is 7.53. The molecule has 2 rings (SSSR count). The van der Waals surface area contributed by atoms with Crippen LogP contribution in [0.1, 0.15) is 25.7 Å². The monoisotopic (exact) mass is 182 g/mol. The van der Waals surface area contributed by atoms with E-state index in [2.05, 4.69) is 0 Å². The lowest BCUT2D eigenvalue weighted by Gasteiger charge is -2.40. The molecule has 1 amide bonds. The number of piperidine rings is 1. The lowest BCUT2D eigenvalue weighted by atomic mass is 9.86. The summed E-state index contributed by atoms with van der Waals surface area (Å²) < 4.78 is 0. The molecule has 1 unspecified atom stereocenters. The van der Waals surface area contributed by atoms with Gasteiger partial charge in [0, 0.05) is 6.54 Å². The Morgan fingerprint density at radius 3 is 3.00 bits per heavy atom. The number of fused-ring (bicyclic) bond motifs is 1. The van der Waals surface area contributed by atoms with Gasteiger partial charge >= 0.3 is 0 Å². The van der Waals surface area contributed by atoms with Gasteiger partial charge in [-0.15, -0.1) is 0 Å². The smallest absolute Gasteiger partial charge is 0.240 e. The number of rotatable bonds is 1. The fraction of sp³-hybridized carbons (Fsp3) is 0.778. The van der Waals surface area contributed by atoms with E-state index in [1.807, 2.05) is 0 Å². The Morgan fingerprint density at radius 1 is 1.54 bits per heavy atom. The Hall–Kier alpha value is -0.900. The minimum atomic E-state index is -0.493. The maximum atomic E-state index is 11.6. The minimum absolute atomic E-state index is 0.0455. The standard InChI is InChI=1S/C9H14N2O2/c10-7-2-4-9(6-12)3-1-5-11(9)8(7)13/h6-7H,1-5,10H2/t7-,9?/m1/s1. The molecule has 72 valence electrons. The average Bonchev–Trinajstić information content (AvgIpc) is 2.57. The van der Waals surface area contributed by atoms with Crippen LogP contribution < -0.4 is 5.73 Å². The lowest BCUT2D eigenvalue weighted by molar-refractivity contribution is -0.144. The van der Waals surface area contributed by atoms with E-state index in [1.165, 1.54) is 0 Å². The van der Waals surface area contributed by atoms with Gasteiger partial charge in [0.05, 0.1) is 11.6 Å². The van der Waals surface area contributed by atoms with Crippen LogP contribution >= 0.6 is 0 Å². The van der Waals surface area contributed by atoms with Crippen molar-refractivity contribution < 1.29 is 9.59 Å². The van der Waals surface area contributed by atoms with E-state index in [9.17, 15) is 9.59 Å². The van der Waals surface area contributed by atoms with E-state index in [4.69, 9.17) is 5.73 Å². The number of hydrogen-bond acceptors (Lipinski definition) is 3. The number of carbonyl (C=O) groups is 2. The van der Waals surface area contributed by atoms with E-state index >= 15 is 0 Å². The van der Waals surface area contributed by atoms with Gasteiger partial charge in [-0.3, -0.25) is 4.79 Å². The van der Waals surface area contributed by atoms with Crippen molar-refractivity contribution in [2.24, 2.45) is 5.73 Å². The van der Waals surface area contributed by atoms with Crippen LogP contribution in [0.15, 0.2) is 0 Å². The summed E-state index contributed by atoms with van der Waals surface area (Å²) in [7, 11) is 0. The molecular weight excluding hydrogens is 168 g/mol. The Labute approximate surface area is 77.1 Å². The van der Waals surface area contributed by atoms with Crippen molar-refractivity contribution in [2.45, 2.75) is 37.3 Å². The number of amides is 1. The van der Waals surface area contributed by atoms with Crippen molar-refractivity contribution >= 4 is 12.2 Å². The molecule has 4 heteroatoms. The minimum Gasteiger partial charge on any atom is -0.329 e. The molecule has 2 aliphatic heterocycles. The van der Waals surface area contributed by atoms with Gasteiger partial charge in [-0.25, -0.2) is 0 Å². The number of nitrogens with zero attached hydrogens (tertiary/aromatic N) is 1. The second-order valence-electron chi connectivity index (χ2n) is 3.96. The molecule has 0 aromatic rings. The molecule has 0 aromatic carbocycles. The first-order valence-electron chi connectivity index (χ1n) is 4.73. The SMILES string of the molecule is N[C@@H]1CCC2(C=O)CCCN2C1=O. The first-order chi connectivity index (χ1) is 6.19. The van der Waals surface area contributed by atoms with E-state index in [0.717, 1.165) is 25.5 Å². The molecule has 2 saturated heterocycles. The summed E-state index contributed by atoms with van der Waals surface area (Å²) in [5.41, 5.74) is 5.15. The summed E-state index contributed by atoms with van der Waals surface area (Å²) in [5.74, 6) is -0.0455. The molecule has 0 bridgehead atoms. The third-order valence-electron chi connectivity index (χ3n) is 3.22. The summed E-state index contributed by atoms with van der Waals surface area (Å²) in [6, 6.07) is -0.383. The van der Waals surface area contributed by atoms with E-state index in [1.54, 1.807) is 4.90 Å². The van der Waals surface area contributed by atoms with Gasteiger partial charge in [-0.2, -0.15) is 0 Å². The van der Waals surface area contributed by atoms with Crippen LogP contribution in [0, 0.1) is 0 Å². The van der Waals surface area contributed by atoms with Gasteiger partial charge < -0.3 is 15.4 Å². The molecule has 2 heterocycles. The van der Waals surface area contributed by atoms with E-state index in [0.29, 0.717) is 13.0 Å². The summed E-state index contributed by atoms with van der Waals surface area (Å²) in [5, 5.41) is 0. The number of carbonyl (C=O) groups excluding carboxylic acids is 2. The van der Waals surface area contributed by atoms with Gasteiger partial charge in [-0.05, 0) is 25.7 Å². The van der Waals surface area contributed by atoms with Gasteiger partial charge in [0.15, 0.2) is 0 Å². The zero-order valence-electron chi connectivity index (χ0n) is 7.53. The summed E-state index contributed by atoms with van der Waals surface area (Å²) in [6.07, 6.45) is 4.06. The van der Waals surface area contributed by atoms with Gasteiger partial charge in [-0.1, -0.05) is 0 Å². The Kier molecular flexibility index (Phi) is 1.87. The molecule has 2 aliphatic rings. The maximum Gasteiger partial charge on any atom is 0.240 e. The van der Waals surface area contributed by atoms with E-state index in [-0.39, 0.29) is 11.9 Å². The highest BCUT2D eigenvalue weighted by atomic mass is 16.2. The highest BCUT2D eigenvalue weighted by Crippen LogP contribution is 2.36. The molecule has 13 heavy (non-hydrogen) atoms. The highest BCUT2D eigenvalue weighted by Gasteiger charge is 2.48. The van der Waals surface area contributed by atoms with Gasteiger partial charge in [0.25, 0.3) is 0 Å². The topological polar surface area (TPSA) is 63.4 Å². The average molecular weight is 182 g/mol. The van der Waals surface area contributed by atoms with Crippen LogP contribution in [0.25, 0.3) is 0 Å². The normalized spacial score (nSPS) is 39.0. The van der Waals surface area contributed by atoms with Crippen LogP contribution in [0.5, 0.6) is 0 Å². The molecule has 0 saturated carbocycles. The van der Waals surface area contributed by atoms with Crippen LogP contribution in [-0.2, 0) is 9.59 Å². The van der Waals surface area contributed by atoms with Crippen molar-refractivity contribution in [3.05, 3.63) is 0 Å². The van der Waals surface area contributed by atoms with Crippen molar-refractivity contribution in [3.63, 3.8) is 0 Å². The predicted molar refractivity (Wildman–Crippen MR) is 47.0 cm³/mol. The quantitative estimate of drug-likeness (QED) is 0.565. The molecular formula is C9H14N2O2. The summed E-state index contributed by atoms with van der Waals surface area (Å²) in [6.45, 7) is 0.700. The maximum absolute atomic E-state index is 11.6. The van der Waals surface area contributed by atoms with Crippen molar-refractivity contribution in [1.29, 1.82) is 0 Å². The fourth-order valence-corrected chi connectivity index (χ4v) is 2.40. The van der Waals surface area contributed by atoms with Crippen molar-refractivity contribution in [2.75, 3.05) is 6.54 Å². The largest absolute Gasteiger partial charge is 0.329 e. The number of hydrogen-bond donors (Lipinski definition) is 1. The summed E-state index contributed by atoms with van der Waals surface area (Å²) in [4.78, 5) is 24.3. The van der Waals surface area contributed by atoms with E-state index < -0.39 is 5.54 Å². The number of nitrogens with two attached hydrogens (primary N) is 1. The third kappa shape index (κ3) is 1.09. The van der Waals surface area contributed by atoms with Gasteiger partial charge in [0.2, 0.25) is 5.91 Å².